The molecular weight excluding hydrogens is 428 g/mol. The van der Waals surface area contributed by atoms with Gasteiger partial charge in [0.1, 0.15) is 11.7 Å². The molecular formula is C22H28N6O5. The molecule has 2 aliphatic rings. The van der Waals surface area contributed by atoms with Crippen molar-refractivity contribution < 1.29 is 19.5 Å². The molecule has 11 nitrogen and oxygen atoms in total. The average Bonchev–Trinajstić information content (AvgIpc) is 3.25. The van der Waals surface area contributed by atoms with Crippen LogP contribution in [0.25, 0.3) is 11.7 Å². The Balaban J connectivity index is 1.75. The van der Waals surface area contributed by atoms with Gasteiger partial charge in [0.25, 0.3) is 11.5 Å². The summed E-state index contributed by atoms with van der Waals surface area (Å²) >= 11 is 0. The number of likely N-dealkylation sites (tertiary alicyclic amines) is 1. The highest BCUT2D eigenvalue weighted by molar-refractivity contribution is 5.98. The Labute approximate surface area is 189 Å². The van der Waals surface area contributed by atoms with Crippen molar-refractivity contribution in [2.45, 2.75) is 58.2 Å². The number of nitrogens with one attached hydrogen (secondary N) is 1. The molecule has 3 heterocycles. The van der Waals surface area contributed by atoms with Crippen molar-refractivity contribution in [3.63, 3.8) is 0 Å². The predicted octanol–water partition coefficient (Wildman–Crippen LogP) is 0.239. The number of carbonyl (C=O) groups is 3. The summed E-state index contributed by atoms with van der Waals surface area (Å²) in [6, 6.07) is -0.621. The van der Waals surface area contributed by atoms with Crippen molar-refractivity contribution in [3.8, 4) is 5.88 Å². The Morgan fingerprint density at radius 1 is 1.30 bits per heavy atom. The minimum absolute atomic E-state index is 0.0162. The number of nitrogens with zero attached hydrogens (tertiary/aromatic N) is 4. The molecule has 1 aliphatic heterocycles. The zero-order valence-electron chi connectivity index (χ0n) is 18.7. The maximum absolute atomic E-state index is 13.2. The predicted molar refractivity (Wildman–Crippen MR) is 119 cm³/mol. The van der Waals surface area contributed by atoms with Gasteiger partial charge in [0.05, 0.1) is 6.20 Å². The van der Waals surface area contributed by atoms with Gasteiger partial charge >= 0.3 is 0 Å². The van der Waals surface area contributed by atoms with Gasteiger partial charge in [-0.05, 0) is 37.7 Å². The molecule has 2 aromatic rings. The molecule has 176 valence electrons. The van der Waals surface area contributed by atoms with Crippen LogP contribution in [0.3, 0.4) is 0 Å². The summed E-state index contributed by atoms with van der Waals surface area (Å²) in [7, 11) is 0. The fraction of sp³-hybridized carbons (Fsp3) is 0.500. The molecule has 33 heavy (non-hydrogen) atoms. The summed E-state index contributed by atoms with van der Waals surface area (Å²) in [5.74, 6) is -2.04. The van der Waals surface area contributed by atoms with E-state index in [2.05, 4.69) is 10.4 Å². The average molecular weight is 457 g/mol. The first-order valence-corrected chi connectivity index (χ1v) is 11.1. The summed E-state index contributed by atoms with van der Waals surface area (Å²) in [4.78, 5) is 51.6. The molecule has 0 bridgehead atoms. The quantitative estimate of drug-likeness (QED) is 0.508. The number of aromatic hydroxyl groups is 1. The topological polar surface area (TPSA) is 152 Å². The van der Waals surface area contributed by atoms with Gasteiger partial charge in [-0.15, -0.1) is 0 Å². The first-order chi connectivity index (χ1) is 15.7. The van der Waals surface area contributed by atoms with Gasteiger partial charge in [-0.2, -0.15) is 9.61 Å². The number of hydrogen-bond donors (Lipinski definition) is 3. The van der Waals surface area contributed by atoms with Crippen LogP contribution in [-0.2, 0) is 16.1 Å². The molecule has 1 saturated heterocycles. The summed E-state index contributed by atoms with van der Waals surface area (Å²) in [5.41, 5.74) is 5.10. The molecule has 4 N–H and O–H groups in total. The Kier molecular flexibility index (Phi) is 5.96. The van der Waals surface area contributed by atoms with Crippen molar-refractivity contribution in [2.24, 2.45) is 11.7 Å². The van der Waals surface area contributed by atoms with Gasteiger partial charge in [-0.25, -0.2) is 0 Å². The molecule has 0 aromatic carbocycles. The van der Waals surface area contributed by atoms with Crippen LogP contribution in [0.2, 0.25) is 0 Å². The highest BCUT2D eigenvalue weighted by Gasteiger charge is 2.32. The number of primary amides is 1. The molecule has 1 saturated carbocycles. The minimum atomic E-state index is -0.637. The van der Waals surface area contributed by atoms with Crippen molar-refractivity contribution in [1.82, 2.24) is 24.4 Å². The molecule has 3 amide bonds. The normalized spacial score (nSPS) is 18.5. The highest BCUT2D eigenvalue weighted by Crippen LogP contribution is 2.24. The van der Waals surface area contributed by atoms with Gasteiger partial charge in [0.2, 0.25) is 17.7 Å². The lowest BCUT2D eigenvalue weighted by molar-refractivity contribution is -0.133. The van der Waals surface area contributed by atoms with E-state index in [0.717, 1.165) is 17.4 Å². The molecule has 2 fully saturated rings. The summed E-state index contributed by atoms with van der Waals surface area (Å²) in [6.07, 6.45) is 7.10. The molecule has 1 atom stereocenters. The molecule has 0 radical (unpaired) electrons. The number of aromatic nitrogens is 3. The van der Waals surface area contributed by atoms with Crippen LogP contribution in [0.15, 0.2) is 17.1 Å². The SMILES string of the molecule is CC(C)Cn1c(=O)c(C(=O)NC2CC2)c(O)n2ncc(/C=C/C(=O)N3CCC[C@H]3C(N)=O)c12. The number of carbonyl (C=O) groups excluding carboxylic acids is 3. The molecule has 1 aliphatic carbocycles. The largest absolute Gasteiger partial charge is 0.492 e. The lowest BCUT2D eigenvalue weighted by Gasteiger charge is -2.20. The van der Waals surface area contributed by atoms with Gasteiger partial charge in [0.15, 0.2) is 5.56 Å². The number of amides is 3. The second kappa shape index (κ2) is 8.72. The Morgan fingerprint density at radius 3 is 2.67 bits per heavy atom. The molecule has 2 aromatic heterocycles. The third-order valence-corrected chi connectivity index (χ3v) is 5.87. The third-order valence-electron chi connectivity index (χ3n) is 5.87. The van der Waals surface area contributed by atoms with Crippen molar-refractivity contribution >= 4 is 29.4 Å². The van der Waals surface area contributed by atoms with Crippen LogP contribution in [0.1, 0.15) is 55.5 Å². The number of rotatable bonds is 7. The van der Waals surface area contributed by atoms with Crippen molar-refractivity contribution in [2.75, 3.05) is 6.54 Å². The number of nitrogens with two attached hydrogens (primary N) is 1. The van der Waals surface area contributed by atoms with Crippen molar-refractivity contribution in [1.29, 1.82) is 0 Å². The minimum Gasteiger partial charge on any atom is -0.492 e. The van der Waals surface area contributed by atoms with Crippen LogP contribution in [0, 0.1) is 5.92 Å². The molecule has 11 heteroatoms. The van der Waals surface area contributed by atoms with E-state index in [9.17, 15) is 24.3 Å². The first-order valence-electron chi connectivity index (χ1n) is 11.1. The third kappa shape index (κ3) is 4.35. The standard InChI is InChI=1S/C22H28N6O5/c1-12(2)11-27-20-13(5-8-16(29)26-9-3-4-15(26)18(23)30)10-24-28(20)22(33)17(21(27)32)19(31)25-14-6-7-14/h5,8,10,12,14-15,33H,3-4,6-7,9,11H2,1-2H3,(H2,23,30)(H,25,31)/b8-5+/t15-/m0/s1. The van der Waals surface area contributed by atoms with Gasteiger partial charge in [-0.3, -0.25) is 23.7 Å². The second-order valence-corrected chi connectivity index (χ2v) is 9.02. The van der Waals surface area contributed by atoms with Crippen LogP contribution in [0.5, 0.6) is 5.88 Å². The van der Waals surface area contributed by atoms with Gasteiger partial charge < -0.3 is 21.1 Å². The van der Waals surface area contributed by atoms with Crippen molar-refractivity contribution in [3.05, 3.63) is 33.8 Å². The van der Waals surface area contributed by atoms with E-state index in [1.54, 1.807) is 0 Å². The van der Waals surface area contributed by atoms with Crippen LogP contribution >= 0.6 is 0 Å². The molecule has 4 rings (SSSR count). The zero-order valence-corrected chi connectivity index (χ0v) is 18.7. The van der Waals surface area contributed by atoms with E-state index >= 15 is 0 Å². The van der Waals surface area contributed by atoms with E-state index in [-0.39, 0.29) is 35.6 Å². The Hall–Kier alpha value is -3.63. The maximum Gasteiger partial charge on any atom is 0.270 e. The van der Waals surface area contributed by atoms with E-state index in [1.165, 1.54) is 27.8 Å². The lowest BCUT2D eigenvalue weighted by atomic mass is 10.2. The van der Waals surface area contributed by atoms with Crippen LogP contribution in [-0.4, -0.2) is 60.5 Å². The summed E-state index contributed by atoms with van der Waals surface area (Å²) < 4.78 is 2.53. The number of hydrogen-bond acceptors (Lipinski definition) is 6. The highest BCUT2D eigenvalue weighted by atomic mass is 16.3. The molecule has 0 unspecified atom stereocenters. The Bertz CT molecular complexity index is 1210. The Morgan fingerprint density at radius 2 is 2.03 bits per heavy atom. The first kappa shape index (κ1) is 22.6. The number of fused-ring (bicyclic) bond motifs is 1. The van der Waals surface area contributed by atoms with E-state index < -0.39 is 29.3 Å². The summed E-state index contributed by atoms with van der Waals surface area (Å²) in [5, 5.41) is 17.6. The van der Waals surface area contributed by atoms with E-state index in [4.69, 9.17) is 5.73 Å². The van der Waals surface area contributed by atoms with Gasteiger partial charge in [-0.1, -0.05) is 13.8 Å². The van der Waals surface area contributed by atoms with E-state index in [0.29, 0.717) is 24.9 Å². The monoisotopic (exact) mass is 456 g/mol. The van der Waals surface area contributed by atoms with E-state index in [1.807, 2.05) is 13.8 Å². The molecule has 0 spiro atoms. The van der Waals surface area contributed by atoms with Gasteiger partial charge in [0, 0.05) is 30.8 Å². The zero-order chi connectivity index (χ0) is 23.9. The summed E-state index contributed by atoms with van der Waals surface area (Å²) in [6.45, 7) is 4.56. The van der Waals surface area contributed by atoms with Crippen LogP contribution in [0.4, 0.5) is 0 Å². The second-order valence-electron chi connectivity index (χ2n) is 9.02. The fourth-order valence-corrected chi connectivity index (χ4v) is 4.13. The van der Waals surface area contributed by atoms with Crippen LogP contribution < -0.4 is 16.6 Å². The lowest BCUT2D eigenvalue weighted by Crippen LogP contribution is -2.43. The maximum atomic E-state index is 13.2. The smallest absolute Gasteiger partial charge is 0.270 e. The fourth-order valence-electron chi connectivity index (χ4n) is 4.13.